The van der Waals surface area contributed by atoms with Gasteiger partial charge in [-0.25, -0.2) is 0 Å². The standard InChI is InChI=1S/C11H21B/c1-4-8(2)12-9(3)10-6-5-7-11(10)12/h8-11H,4-7H2,1-3H3. The Balaban J connectivity index is 1.99. The van der Waals surface area contributed by atoms with E-state index in [0.717, 1.165) is 30.1 Å². The van der Waals surface area contributed by atoms with Gasteiger partial charge in [0.05, 0.1) is 0 Å². The van der Waals surface area contributed by atoms with Crippen molar-refractivity contribution in [1.82, 2.24) is 0 Å². The molecule has 1 saturated heterocycles. The van der Waals surface area contributed by atoms with Crippen LogP contribution in [0.25, 0.3) is 0 Å². The van der Waals surface area contributed by atoms with Gasteiger partial charge in [-0.2, -0.15) is 0 Å². The highest BCUT2D eigenvalue weighted by molar-refractivity contribution is 6.67. The predicted octanol–water partition coefficient (Wildman–Crippen LogP) is 3.86. The third kappa shape index (κ3) is 1.05. The molecule has 1 aliphatic heterocycles. The van der Waals surface area contributed by atoms with Crippen molar-refractivity contribution in [1.29, 1.82) is 0 Å². The summed E-state index contributed by atoms with van der Waals surface area (Å²) in [6.45, 7) is 8.38. The quantitative estimate of drug-likeness (QED) is 0.543. The Morgan fingerprint density at radius 3 is 2.83 bits per heavy atom. The molecule has 0 nitrogen and oxygen atoms in total. The van der Waals surface area contributed by atoms with Gasteiger partial charge in [-0.05, 0) is 5.92 Å². The summed E-state index contributed by atoms with van der Waals surface area (Å²) < 4.78 is 0. The van der Waals surface area contributed by atoms with Crippen LogP contribution in [0.2, 0.25) is 17.5 Å². The summed E-state index contributed by atoms with van der Waals surface area (Å²) in [6.07, 6.45) is 5.99. The Hall–Kier alpha value is 0.0649. The summed E-state index contributed by atoms with van der Waals surface area (Å²) in [4.78, 5) is 0. The van der Waals surface area contributed by atoms with E-state index in [0.29, 0.717) is 0 Å². The van der Waals surface area contributed by atoms with Crippen LogP contribution < -0.4 is 0 Å². The number of rotatable bonds is 2. The molecule has 1 heteroatoms. The molecule has 1 aliphatic carbocycles. The van der Waals surface area contributed by atoms with Gasteiger partial charge in [0.1, 0.15) is 6.71 Å². The second kappa shape index (κ2) is 3.08. The lowest BCUT2D eigenvalue weighted by Crippen LogP contribution is -2.45. The highest BCUT2D eigenvalue weighted by Gasteiger charge is 2.53. The maximum absolute atomic E-state index is 2.49. The molecule has 4 unspecified atom stereocenters. The molecule has 12 heavy (non-hydrogen) atoms. The van der Waals surface area contributed by atoms with E-state index in [1.807, 2.05) is 0 Å². The summed E-state index contributed by atoms with van der Waals surface area (Å²) in [5.41, 5.74) is 0. The zero-order chi connectivity index (χ0) is 8.72. The summed E-state index contributed by atoms with van der Waals surface area (Å²) in [5, 5.41) is 0. The molecule has 0 aromatic rings. The first-order chi connectivity index (χ1) is 5.75. The Morgan fingerprint density at radius 2 is 2.17 bits per heavy atom. The Morgan fingerprint density at radius 1 is 1.42 bits per heavy atom. The van der Waals surface area contributed by atoms with Crippen LogP contribution in [0.15, 0.2) is 0 Å². The van der Waals surface area contributed by atoms with Gasteiger partial charge in [-0.1, -0.05) is 63.9 Å². The first kappa shape index (κ1) is 8.65. The van der Waals surface area contributed by atoms with E-state index in [9.17, 15) is 0 Å². The molecule has 0 bridgehead atoms. The topological polar surface area (TPSA) is 0 Å². The highest BCUT2D eigenvalue weighted by atomic mass is 14.4. The maximum atomic E-state index is 2.49. The number of hydrogen-bond acceptors (Lipinski definition) is 0. The van der Waals surface area contributed by atoms with Gasteiger partial charge in [-0.3, -0.25) is 0 Å². The molecule has 1 saturated carbocycles. The van der Waals surface area contributed by atoms with Crippen molar-refractivity contribution in [3.8, 4) is 0 Å². The van der Waals surface area contributed by atoms with Crippen LogP contribution in [0.3, 0.4) is 0 Å². The van der Waals surface area contributed by atoms with E-state index in [1.165, 1.54) is 12.8 Å². The van der Waals surface area contributed by atoms with Crippen LogP contribution in [-0.4, -0.2) is 6.71 Å². The molecule has 0 amide bonds. The summed E-state index contributed by atoms with van der Waals surface area (Å²) >= 11 is 0. The zero-order valence-electron chi connectivity index (χ0n) is 8.72. The number of fused-ring (bicyclic) bond motifs is 1. The van der Waals surface area contributed by atoms with Gasteiger partial charge in [0.2, 0.25) is 0 Å². The van der Waals surface area contributed by atoms with E-state index in [1.54, 1.807) is 12.8 Å². The molecule has 0 N–H and O–H groups in total. The zero-order valence-corrected chi connectivity index (χ0v) is 8.72. The van der Waals surface area contributed by atoms with E-state index in [2.05, 4.69) is 20.8 Å². The van der Waals surface area contributed by atoms with Gasteiger partial charge in [0.15, 0.2) is 0 Å². The summed E-state index contributed by atoms with van der Waals surface area (Å²) in [7, 11) is 0. The lowest BCUT2D eigenvalue weighted by Gasteiger charge is -2.48. The second-order valence-electron chi connectivity index (χ2n) is 5.08. The highest BCUT2D eigenvalue weighted by Crippen LogP contribution is 2.61. The van der Waals surface area contributed by atoms with Crippen LogP contribution >= 0.6 is 0 Å². The largest absolute Gasteiger partial charge is 0.149 e. The van der Waals surface area contributed by atoms with Crippen molar-refractivity contribution in [2.45, 2.75) is 63.9 Å². The molecule has 2 rings (SSSR count). The van der Waals surface area contributed by atoms with E-state index >= 15 is 0 Å². The molecule has 0 aromatic heterocycles. The SMILES string of the molecule is CCC(C)B1C(C)C2CCCC12. The fourth-order valence-corrected chi connectivity index (χ4v) is 3.89. The maximum Gasteiger partial charge on any atom is 0.149 e. The van der Waals surface area contributed by atoms with Crippen molar-refractivity contribution in [3.05, 3.63) is 0 Å². The molecule has 0 radical (unpaired) electrons. The minimum absolute atomic E-state index is 0.986. The molecule has 2 aliphatic rings. The lowest BCUT2D eigenvalue weighted by molar-refractivity contribution is 0.433. The Kier molecular flexibility index (Phi) is 2.22. The van der Waals surface area contributed by atoms with Crippen molar-refractivity contribution in [3.63, 3.8) is 0 Å². The first-order valence-corrected chi connectivity index (χ1v) is 5.75. The van der Waals surface area contributed by atoms with Crippen LogP contribution in [0.1, 0.15) is 46.5 Å². The third-order valence-corrected chi connectivity index (χ3v) is 4.70. The Labute approximate surface area is 77.2 Å². The fourth-order valence-electron chi connectivity index (χ4n) is 3.89. The van der Waals surface area contributed by atoms with Gasteiger partial charge >= 0.3 is 0 Å². The molecule has 0 spiro atoms. The molecular formula is C11H21B. The molecular weight excluding hydrogens is 143 g/mol. The third-order valence-electron chi connectivity index (χ3n) is 4.70. The van der Waals surface area contributed by atoms with Crippen LogP contribution in [-0.2, 0) is 0 Å². The monoisotopic (exact) mass is 164 g/mol. The van der Waals surface area contributed by atoms with Crippen molar-refractivity contribution in [2.75, 3.05) is 0 Å². The van der Waals surface area contributed by atoms with Crippen molar-refractivity contribution < 1.29 is 0 Å². The van der Waals surface area contributed by atoms with E-state index in [4.69, 9.17) is 0 Å². The number of hydrogen-bond donors (Lipinski definition) is 0. The second-order valence-corrected chi connectivity index (χ2v) is 5.08. The van der Waals surface area contributed by atoms with Crippen molar-refractivity contribution >= 4 is 6.71 Å². The average Bonchev–Trinajstić information content (AvgIpc) is 2.48. The predicted molar refractivity (Wildman–Crippen MR) is 56.0 cm³/mol. The lowest BCUT2D eigenvalue weighted by atomic mass is 9.16. The minimum Gasteiger partial charge on any atom is -0.0691 e. The van der Waals surface area contributed by atoms with Crippen LogP contribution in [0, 0.1) is 5.92 Å². The average molecular weight is 164 g/mol. The smallest absolute Gasteiger partial charge is 0.0691 e. The first-order valence-electron chi connectivity index (χ1n) is 5.75. The van der Waals surface area contributed by atoms with Crippen LogP contribution in [0.4, 0.5) is 0 Å². The summed E-state index contributed by atoms with van der Waals surface area (Å²) in [6, 6.07) is 0. The van der Waals surface area contributed by atoms with E-state index in [-0.39, 0.29) is 0 Å². The molecule has 0 aromatic carbocycles. The molecule has 68 valence electrons. The Bertz CT molecular complexity index is 166. The minimum atomic E-state index is 0.986. The van der Waals surface area contributed by atoms with Gasteiger partial charge in [0, 0.05) is 0 Å². The van der Waals surface area contributed by atoms with Crippen molar-refractivity contribution in [2.24, 2.45) is 5.92 Å². The fraction of sp³-hybridized carbons (Fsp3) is 1.00. The summed E-state index contributed by atoms with van der Waals surface area (Å²) in [5.74, 6) is 4.30. The molecule has 4 atom stereocenters. The van der Waals surface area contributed by atoms with E-state index < -0.39 is 0 Å². The molecule has 1 heterocycles. The molecule has 2 fully saturated rings. The normalized spacial score (nSPS) is 42.2. The van der Waals surface area contributed by atoms with Gasteiger partial charge < -0.3 is 0 Å². The van der Waals surface area contributed by atoms with Crippen LogP contribution in [0.5, 0.6) is 0 Å². The van der Waals surface area contributed by atoms with Gasteiger partial charge in [0.25, 0.3) is 0 Å². The van der Waals surface area contributed by atoms with Gasteiger partial charge in [-0.15, -0.1) is 0 Å².